The molecule has 0 aromatic heterocycles. The van der Waals surface area contributed by atoms with E-state index in [1.165, 1.54) is 5.56 Å². The van der Waals surface area contributed by atoms with Crippen molar-refractivity contribution < 1.29 is 14.4 Å². The molecule has 1 saturated heterocycles. The van der Waals surface area contributed by atoms with Crippen molar-refractivity contribution in [3.63, 3.8) is 0 Å². The van der Waals surface area contributed by atoms with E-state index in [0.29, 0.717) is 19.0 Å². The summed E-state index contributed by atoms with van der Waals surface area (Å²) in [4.78, 5) is 40.8. The number of nitrogens with one attached hydrogen (secondary N) is 1. The van der Waals surface area contributed by atoms with Crippen molar-refractivity contribution in [3.05, 3.63) is 35.4 Å². The molecule has 1 heterocycles. The van der Waals surface area contributed by atoms with Crippen LogP contribution in [0.4, 0.5) is 4.79 Å². The molecule has 0 aliphatic carbocycles. The van der Waals surface area contributed by atoms with Crippen molar-refractivity contribution in [2.45, 2.75) is 58.9 Å². The second-order valence-electron chi connectivity index (χ2n) is 7.60. The van der Waals surface area contributed by atoms with E-state index in [1.807, 2.05) is 38.1 Å². The van der Waals surface area contributed by atoms with Crippen molar-refractivity contribution in [1.82, 2.24) is 15.1 Å². The second-order valence-corrected chi connectivity index (χ2v) is 7.60. The van der Waals surface area contributed by atoms with Gasteiger partial charge in [0.25, 0.3) is 5.91 Å². The van der Waals surface area contributed by atoms with Crippen molar-refractivity contribution in [1.29, 1.82) is 0 Å². The molecule has 0 saturated carbocycles. The Labute approximate surface area is 161 Å². The fraction of sp³-hybridized carbons (Fsp3) is 0.571. The first-order valence-corrected chi connectivity index (χ1v) is 9.76. The molecule has 6 nitrogen and oxygen atoms in total. The molecule has 1 aromatic rings. The van der Waals surface area contributed by atoms with Crippen LogP contribution in [0.3, 0.4) is 0 Å². The van der Waals surface area contributed by atoms with Gasteiger partial charge in [0.2, 0.25) is 5.91 Å². The van der Waals surface area contributed by atoms with Gasteiger partial charge in [0, 0.05) is 13.1 Å². The van der Waals surface area contributed by atoms with Crippen LogP contribution < -0.4 is 5.32 Å². The van der Waals surface area contributed by atoms with Gasteiger partial charge in [-0.05, 0) is 36.8 Å². The molecular formula is C21H31N3O3. The van der Waals surface area contributed by atoms with E-state index in [1.54, 1.807) is 11.8 Å². The first-order chi connectivity index (χ1) is 12.7. The highest BCUT2D eigenvalue weighted by atomic mass is 16.2. The Balaban J connectivity index is 2.18. The minimum atomic E-state index is -1.15. The first-order valence-electron chi connectivity index (χ1n) is 9.76. The summed E-state index contributed by atoms with van der Waals surface area (Å²) >= 11 is 0. The molecule has 148 valence electrons. The SMILES string of the molecule is CCCN(CCC)C(=O)CN1C(=O)N[C@@](C)(c2ccc(C(C)C)cc2)C1=O. The summed E-state index contributed by atoms with van der Waals surface area (Å²) in [5.74, 6) is -0.189. The molecule has 4 amide bonds. The highest BCUT2D eigenvalue weighted by Gasteiger charge is 2.49. The number of urea groups is 1. The zero-order chi connectivity index (χ0) is 20.2. The Kier molecular flexibility index (Phi) is 6.63. The maximum Gasteiger partial charge on any atom is 0.325 e. The predicted molar refractivity (Wildman–Crippen MR) is 105 cm³/mol. The topological polar surface area (TPSA) is 69.7 Å². The zero-order valence-corrected chi connectivity index (χ0v) is 17.0. The Morgan fingerprint density at radius 2 is 1.67 bits per heavy atom. The van der Waals surface area contributed by atoms with E-state index < -0.39 is 11.6 Å². The van der Waals surface area contributed by atoms with Crippen LogP contribution in [0.15, 0.2) is 24.3 Å². The van der Waals surface area contributed by atoms with Gasteiger partial charge in [-0.25, -0.2) is 4.79 Å². The van der Waals surface area contributed by atoms with Gasteiger partial charge in [0.1, 0.15) is 12.1 Å². The van der Waals surface area contributed by atoms with Crippen molar-refractivity contribution in [3.8, 4) is 0 Å². The molecule has 0 spiro atoms. The molecular weight excluding hydrogens is 342 g/mol. The average Bonchev–Trinajstić information content (AvgIpc) is 2.85. The highest BCUT2D eigenvalue weighted by Crippen LogP contribution is 2.30. The summed E-state index contributed by atoms with van der Waals surface area (Å²) in [6, 6.07) is 7.18. The summed E-state index contributed by atoms with van der Waals surface area (Å²) < 4.78 is 0. The Bertz CT molecular complexity index is 693. The van der Waals surface area contributed by atoms with Crippen LogP contribution in [0.2, 0.25) is 0 Å². The Hall–Kier alpha value is -2.37. The minimum Gasteiger partial charge on any atom is -0.341 e. The Morgan fingerprint density at radius 3 is 2.15 bits per heavy atom. The number of carbonyl (C=O) groups excluding carboxylic acids is 3. The number of imide groups is 1. The molecule has 0 unspecified atom stereocenters. The third-order valence-corrected chi connectivity index (χ3v) is 5.06. The van der Waals surface area contributed by atoms with Gasteiger partial charge in [0.15, 0.2) is 0 Å². The fourth-order valence-corrected chi connectivity index (χ4v) is 3.37. The largest absolute Gasteiger partial charge is 0.341 e. The van der Waals surface area contributed by atoms with Gasteiger partial charge in [-0.15, -0.1) is 0 Å². The minimum absolute atomic E-state index is 0.193. The summed E-state index contributed by atoms with van der Waals surface area (Å²) in [7, 11) is 0. The van der Waals surface area contributed by atoms with E-state index in [-0.39, 0.29) is 18.4 Å². The Morgan fingerprint density at radius 1 is 1.11 bits per heavy atom. The second kappa shape index (κ2) is 8.55. The van der Waals surface area contributed by atoms with E-state index in [4.69, 9.17) is 0 Å². The van der Waals surface area contributed by atoms with E-state index in [2.05, 4.69) is 19.2 Å². The number of carbonyl (C=O) groups is 3. The molecule has 1 N–H and O–H groups in total. The standard InChI is InChI=1S/C21H31N3O3/c1-6-12-23(13-7-2)18(25)14-24-19(26)21(5,22-20(24)27)17-10-8-16(9-11-17)15(3)4/h8-11,15H,6-7,12-14H2,1-5H3,(H,22,27)/t21-/m0/s1. The molecule has 1 aliphatic rings. The van der Waals surface area contributed by atoms with E-state index >= 15 is 0 Å². The molecule has 0 radical (unpaired) electrons. The van der Waals surface area contributed by atoms with Crippen molar-refractivity contribution in [2.24, 2.45) is 0 Å². The number of hydrogen-bond donors (Lipinski definition) is 1. The fourth-order valence-electron chi connectivity index (χ4n) is 3.37. The zero-order valence-electron chi connectivity index (χ0n) is 17.0. The van der Waals surface area contributed by atoms with Crippen molar-refractivity contribution >= 4 is 17.8 Å². The molecule has 6 heteroatoms. The van der Waals surface area contributed by atoms with Crippen LogP contribution in [-0.2, 0) is 15.1 Å². The van der Waals surface area contributed by atoms with Crippen LogP contribution in [-0.4, -0.2) is 47.3 Å². The summed E-state index contributed by atoms with van der Waals surface area (Å²) in [5.41, 5.74) is 0.743. The van der Waals surface area contributed by atoms with Gasteiger partial charge in [0.05, 0.1) is 0 Å². The molecule has 1 aromatic carbocycles. The van der Waals surface area contributed by atoms with Crippen LogP contribution >= 0.6 is 0 Å². The number of benzene rings is 1. The summed E-state index contributed by atoms with van der Waals surface area (Å²) in [6.07, 6.45) is 1.68. The lowest BCUT2D eigenvalue weighted by molar-refractivity contribution is -0.139. The van der Waals surface area contributed by atoms with Gasteiger partial charge in [-0.1, -0.05) is 52.0 Å². The van der Waals surface area contributed by atoms with Gasteiger partial charge in [-0.3, -0.25) is 14.5 Å². The molecule has 1 atom stereocenters. The molecule has 2 rings (SSSR count). The van der Waals surface area contributed by atoms with E-state index in [9.17, 15) is 14.4 Å². The number of amides is 4. The summed E-state index contributed by atoms with van der Waals surface area (Å²) in [5, 5.41) is 2.77. The monoisotopic (exact) mass is 373 g/mol. The number of hydrogen-bond acceptors (Lipinski definition) is 3. The smallest absolute Gasteiger partial charge is 0.325 e. The van der Waals surface area contributed by atoms with E-state index in [0.717, 1.165) is 23.3 Å². The van der Waals surface area contributed by atoms with Gasteiger partial charge >= 0.3 is 6.03 Å². The average molecular weight is 373 g/mol. The van der Waals surface area contributed by atoms with Crippen LogP contribution in [0.1, 0.15) is 64.5 Å². The number of rotatable bonds is 8. The first kappa shape index (κ1) is 20.9. The van der Waals surface area contributed by atoms with Crippen LogP contribution in [0.25, 0.3) is 0 Å². The quantitative estimate of drug-likeness (QED) is 0.711. The van der Waals surface area contributed by atoms with Gasteiger partial charge in [-0.2, -0.15) is 0 Å². The normalized spacial score (nSPS) is 19.6. The van der Waals surface area contributed by atoms with Gasteiger partial charge < -0.3 is 10.2 Å². The third-order valence-electron chi connectivity index (χ3n) is 5.06. The molecule has 1 fully saturated rings. The van der Waals surface area contributed by atoms with Crippen LogP contribution in [0, 0.1) is 0 Å². The lowest BCUT2D eigenvalue weighted by Gasteiger charge is -2.25. The maximum absolute atomic E-state index is 13.0. The number of nitrogens with zero attached hydrogens (tertiary/aromatic N) is 2. The summed E-state index contributed by atoms with van der Waals surface area (Å²) in [6.45, 7) is 10.9. The molecule has 0 bridgehead atoms. The van der Waals surface area contributed by atoms with Crippen LogP contribution in [0.5, 0.6) is 0 Å². The van der Waals surface area contributed by atoms with Crippen molar-refractivity contribution in [2.75, 3.05) is 19.6 Å². The molecule has 1 aliphatic heterocycles. The third kappa shape index (κ3) is 4.31. The lowest BCUT2D eigenvalue weighted by Crippen LogP contribution is -2.45. The highest BCUT2D eigenvalue weighted by molar-refractivity contribution is 6.09. The predicted octanol–water partition coefficient (Wildman–Crippen LogP) is 3.23. The lowest BCUT2D eigenvalue weighted by atomic mass is 9.90. The molecule has 27 heavy (non-hydrogen) atoms. The maximum atomic E-state index is 13.0.